The topological polar surface area (TPSA) is 63.9 Å². The van der Waals surface area contributed by atoms with Gasteiger partial charge in [-0.25, -0.2) is 0 Å². The van der Waals surface area contributed by atoms with Gasteiger partial charge >= 0.3 is 0 Å². The van der Waals surface area contributed by atoms with E-state index in [1.807, 2.05) is 72.2 Å². The van der Waals surface area contributed by atoms with E-state index in [0.29, 0.717) is 11.0 Å². The van der Waals surface area contributed by atoms with Gasteiger partial charge in [0.1, 0.15) is 0 Å². The Morgan fingerprint density at radius 2 is 1.74 bits per heavy atom. The fraction of sp³-hybridized carbons (Fsp3) is 0.167. The summed E-state index contributed by atoms with van der Waals surface area (Å²) < 4.78 is 2.00. The summed E-state index contributed by atoms with van der Waals surface area (Å²) in [6.07, 6.45) is 3.50. The molecule has 0 aliphatic carbocycles. The van der Waals surface area contributed by atoms with Crippen molar-refractivity contribution in [2.45, 2.75) is 24.3 Å². The third-order valence-corrected chi connectivity index (χ3v) is 6.04. The molecule has 0 N–H and O–H groups in total. The minimum Gasteiger partial charge on any atom is -0.315 e. The number of rotatable bonds is 6. The maximum atomic E-state index is 13.1. The van der Waals surface area contributed by atoms with Gasteiger partial charge in [0.15, 0.2) is 11.0 Å². The van der Waals surface area contributed by atoms with Crippen LogP contribution in [0.15, 0.2) is 84.3 Å². The number of thioether (sulfide) groups is 1. The summed E-state index contributed by atoms with van der Waals surface area (Å²) in [5.41, 5.74) is 3.79. The molecule has 0 fully saturated rings. The summed E-state index contributed by atoms with van der Waals surface area (Å²) in [4.78, 5) is 19.0. The number of carbonyl (C=O) groups excluding carboxylic acids is 1. The summed E-state index contributed by atoms with van der Waals surface area (Å²) in [5.74, 6) is 0.694. The minimum atomic E-state index is -0.348. The molecule has 2 heterocycles. The molecule has 4 aromatic rings. The molecular formula is C24H23N5OS. The van der Waals surface area contributed by atoms with Crippen LogP contribution in [0, 0.1) is 6.92 Å². The first-order valence-corrected chi connectivity index (χ1v) is 10.9. The molecule has 0 saturated carbocycles. The van der Waals surface area contributed by atoms with Crippen LogP contribution in [0.1, 0.15) is 12.5 Å². The van der Waals surface area contributed by atoms with Crippen molar-refractivity contribution in [3.63, 3.8) is 0 Å². The van der Waals surface area contributed by atoms with Gasteiger partial charge in [0.2, 0.25) is 5.91 Å². The van der Waals surface area contributed by atoms with E-state index in [9.17, 15) is 4.79 Å². The van der Waals surface area contributed by atoms with Crippen molar-refractivity contribution >= 4 is 23.4 Å². The molecule has 2 aromatic heterocycles. The highest BCUT2D eigenvalue weighted by Crippen LogP contribution is 2.32. The Labute approximate surface area is 186 Å². The lowest BCUT2D eigenvalue weighted by molar-refractivity contribution is -0.117. The van der Waals surface area contributed by atoms with Gasteiger partial charge in [0.05, 0.1) is 10.9 Å². The number of pyridine rings is 1. The van der Waals surface area contributed by atoms with Crippen LogP contribution in [0.3, 0.4) is 0 Å². The number of benzene rings is 2. The summed E-state index contributed by atoms with van der Waals surface area (Å²) in [5, 5.41) is 9.20. The Kier molecular flexibility index (Phi) is 6.13. The van der Waals surface area contributed by atoms with Crippen LogP contribution in [0.4, 0.5) is 5.69 Å². The first kappa shape index (κ1) is 20.8. The van der Waals surface area contributed by atoms with Gasteiger partial charge in [0, 0.05) is 30.7 Å². The van der Waals surface area contributed by atoms with E-state index in [4.69, 9.17) is 0 Å². The van der Waals surface area contributed by atoms with Crippen molar-refractivity contribution < 1.29 is 4.79 Å². The lowest BCUT2D eigenvalue weighted by Crippen LogP contribution is -2.33. The number of hydrogen-bond donors (Lipinski definition) is 0. The maximum Gasteiger partial charge on any atom is 0.240 e. The van der Waals surface area contributed by atoms with Crippen LogP contribution in [-0.2, 0) is 4.79 Å². The van der Waals surface area contributed by atoms with E-state index >= 15 is 0 Å². The Morgan fingerprint density at radius 1 is 1.00 bits per heavy atom. The quantitative estimate of drug-likeness (QED) is 0.413. The molecule has 0 bridgehead atoms. The molecule has 0 saturated heterocycles. The minimum absolute atomic E-state index is 0.00142. The van der Waals surface area contributed by atoms with E-state index in [0.717, 1.165) is 22.5 Å². The van der Waals surface area contributed by atoms with Crippen molar-refractivity contribution in [1.29, 1.82) is 0 Å². The lowest BCUT2D eigenvalue weighted by atomic mass is 10.2. The molecule has 0 spiro atoms. The molecule has 1 unspecified atom stereocenters. The number of amides is 1. The van der Waals surface area contributed by atoms with Gasteiger partial charge in [0.25, 0.3) is 0 Å². The van der Waals surface area contributed by atoms with Crippen LogP contribution in [0.5, 0.6) is 0 Å². The smallest absolute Gasteiger partial charge is 0.240 e. The molecule has 4 rings (SSSR count). The average molecular weight is 430 g/mol. The van der Waals surface area contributed by atoms with Crippen LogP contribution in [0.2, 0.25) is 0 Å². The largest absolute Gasteiger partial charge is 0.315 e. The monoisotopic (exact) mass is 429 g/mol. The normalized spacial score (nSPS) is 11.8. The molecule has 156 valence electrons. The summed E-state index contributed by atoms with van der Waals surface area (Å²) in [6, 6.07) is 21.5. The fourth-order valence-corrected chi connectivity index (χ4v) is 4.27. The first-order chi connectivity index (χ1) is 15.1. The Balaban J connectivity index is 1.69. The van der Waals surface area contributed by atoms with Gasteiger partial charge in [-0.1, -0.05) is 48.2 Å². The molecule has 1 atom stereocenters. The van der Waals surface area contributed by atoms with Crippen LogP contribution in [0.25, 0.3) is 17.1 Å². The third-order valence-electron chi connectivity index (χ3n) is 5.01. The van der Waals surface area contributed by atoms with E-state index in [1.54, 1.807) is 24.3 Å². The summed E-state index contributed by atoms with van der Waals surface area (Å²) in [6.45, 7) is 3.95. The number of aryl methyl sites for hydroxylation is 1. The van der Waals surface area contributed by atoms with Crippen LogP contribution >= 0.6 is 11.8 Å². The Morgan fingerprint density at radius 3 is 2.45 bits per heavy atom. The Bertz CT molecular complexity index is 1180. The van der Waals surface area contributed by atoms with E-state index < -0.39 is 0 Å². The van der Waals surface area contributed by atoms with Gasteiger partial charge in [-0.05, 0) is 49.7 Å². The van der Waals surface area contributed by atoms with Crippen molar-refractivity contribution in [2.24, 2.45) is 0 Å². The van der Waals surface area contributed by atoms with E-state index in [2.05, 4.69) is 28.2 Å². The van der Waals surface area contributed by atoms with Gasteiger partial charge < -0.3 is 4.90 Å². The predicted molar refractivity (Wildman–Crippen MR) is 124 cm³/mol. The second-order valence-electron chi connectivity index (χ2n) is 7.16. The maximum absolute atomic E-state index is 13.1. The first-order valence-electron chi connectivity index (χ1n) is 9.97. The zero-order valence-electron chi connectivity index (χ0n) is 17.6. The zero-order chi connectivity index (χ0) is 21.8. The standard InChI is InChI=1S/C24H23N5OS/c1-17-10-7-8-14-21(17)29-22(19-11-9-15-25-16-19)26-27-24(29)31-18(2)23(30)28(3)20-12-5-4-6-13-20/h4-16,18H,1-3H3. The van der Waals surface area contributed by atoms with Crippen molar-refractivity contribution in [3.05, 3.63) is 84.7 Å². The van der Waals surface area contributed by atoms with Gasteiger partial charge in [-0.3, -0.25) is 14.3 Å². The highest BCUT2D eigenvalue weighted by Gasteiger charge is 2.25. The molecule has 7 heteroatoms. The van der Waals surface area contributed by atoms with E-state index in [-0.39, 0.29) is 11.2 Å². The van der Waals surface area contributed by atoms with Crippen LogP contribution in [-0.4, -0.2) is 38.0 Å². The second-order valence-corrected chi connectivity index (χ2v) is 8.47. The Hall–Kier alpha value is -3.45. The van der Waals surface area contributed by atoms with Crippen molar-refractivity contribution in [1.82, 2.24) is 19.7 Å². The number of hydrogen-bond acceptors (Lipinski definition) is 5. The van der Waals surface area contributed by atoms with E-state index in [1.165, 1.54) is 11.8 Å². The molecule has 0 aliphatic heterocycles. The number of aromatic nitrogens is 4. The third kappa shape index (κ3) is 4.36. The lowest BCUT2D eigenvalue weighted by Gasteiger charge is -2.21. The molecular weight excluding hydrogens is 406 g/mol. The summed E-state index contributed by atoms with van der Waals surface area (Å²) >= 11 is 1.40. The molecule has 6 nitrogen and oxygen atoms in total. The van der Waals surface area contributed by atoms with Crippen molar-refractivity contribution in [3.8, 4) is 17.1 Å². The van der Waals surface area contributed by atoms with Gasteiger partial charge in [-0.15, -0.1) is 10.2 Å². The SMILES string of the molecule is Cc1ccccc1-n1c(SC(C)C(=O)N(C)c2ccccc2)nnc1-c1cccnc1. The van der Waals surface area contributed by atoms with Gasteiger partial charge in [-0.2, -0.15) is 0 Å². The number of para-hydroxylation sites is 2. The molecule has 0 aliphatic rings. The zero-order valence-corrected chi connectivity index (χ0v) is 18.5. The molecule has 2 aromatic carbocycles. The number of nitrogens with zero attached hydrogens (tertiary/aromatic N) is 5. The van der Waals surface area contributed by atoms with Crippen molar-refractivity contribution in [2.75, 3.05) is 11.9 Å². The fourth-order valence-electron chi connectivity index (χ4n) is 3.32. The average Bonchev–Trinajstić information content (AvgIpc) is 3.22. The predicted octanol–water partition coefficient (Wildman–Crippen LogP) is 4.78. The second kappa shape index (κ2) is 9.14. The van der Waals surface area contributed by atoms with Crippen LogP contribution < -0.4 is 4.90 Å². The number of anilines is 1. The number of carbonyl (C=O) groups is 1. The highest BCUT2D eigenvalue weighted by molar-refractivity contribution is 8.00. The molecule has 1 amide bonds. The summed E-state index contributed by atoms with van der Waals surface area (Å²) in [7, 11) is 1.79. The molecule has 0 radical (unpaired) electrons. The highest BCUT2D eigenvalue weighted by atomic mass is 32.2. The molecule has 31 heavy (non-hydrogen) atoms.